The van der Waals surface area contributed by atoms with Crippen LogP contribution in [0.1, 0.15) is 13.8 Å². The summed E-state index contributed by atoms with van der Waals surface area (Å²) >= 11 is 0. The number of nitrogens with zero attached hydrogens (tertiary/aromatic N) is 2. The summed E-state index contributed by atoms with van der Waals surface area (Å²) in [6.07, 6.45) is 6.65. The summed E-state index contributed by atoms with van der Waals surface area (Å²) in [4.78, 5) is 4.63. The van der Waals surface area contributed by atoms with E-state index in [4.69, 9.17) is 0 Å². The van der Waals surface area contributed by atoms with Gasteiger partial charge in [-0.1, -0.05) is 13.8 Å². The van der Waals surface area contributed by atoms with Gasteiger partial charge in [0.15, 0.2) is 0 Å². The second kappa shape index (κ2) is 6.51. The minimum atomic E-state index is 1.04. The molecule has 1 saturated heterocycles. The first-order valence-corrected chi connectivity index (χ1v) is 5.90. The van der Waals surface area contributed by atoms with Crippen LogP contribution < -0.4 is 5.32 Å². The van der Waals surface area contributed by atoms with Crippen molar-refractivity contribution in [2.45, 2.75) is 13.8 Å². The molecule has 0 atom stereocenters. The number of allylic oxidation sites excluding steroid dienone is 1. The zero-order valence-electron chi connectivity index (χ0n) is 10.2. The molecule has 0 aliphatic carbocycles. The van der Waals surface area contributed by atoms with Gasteiger partial charge in [-0.25, -0.2) is 0 Å². The van der Waals surface area contributed by atoms with E-state index in [0.29, 0.717) is 0 Å². The third-order valence-corrected chi connectivity index (χ3v) is 2.57. The van der Waals surface area contributed by atoms with Crippen molar-refractivity contribution in [1.82, 2.24) is 15.1 Å². The maximum absolute atomic E-state index is 3.36. The van der Waals surface area contributed by atoms with Gasteiger partial charge in [-0.05, 0) is 12.2 Å². The van der Waals surface area contributed by atoms with Crippen molar-refractivity contribution in [2.75, 3.05) is 39.8 Å². The molecule has 1 fully saturated rings. The predicted octanol–water partition coefficient (Wildman–Crippen LogP) is 1.26. The monoisotopic (exact) mass is 209 g/mol. The molecule has 0 bridgehead atoms. The van der Waals surface area contributed by atoms with E-state index in [1.165, 1.54) is 5.70 Å². The number of hydrogen-bond donors (Lipinski definition) is 1. The van der Waals surface area contributed by atoms with Crippen molar-refractivity contribution in [3.05, 3.63) is 24.0 Å². The first-order chi connectivity index (χ1) is 7.36. The lowest BCUT2D eigenvalue weighted by molar-refractivity contribution is 0.302. The van der Waals surface area contributed by atoms with Gasteiger partial charge in [0, 0.05) is 51.7 Å². The second-order valence-electron chi connectivity index (χ2n) is 3.62. The summed E-state index contributed by atoms with van der Waals surface area (Å²) in [5.74, 6) is 0. The number of hydrogen-bond acceptors (Lipinski definition) is 3. The fourth-order valence-corrected chi connectivity index (χ4v) is 1.73. The molecular weight excluding hydrogens is 186 g/mol. The van der Waals surface area contributed by atoms with E-state index in [1.807, 2.05) is 13.8 Å². The zero-order valence-corrected chi connectivity index (χ0v) is 10.2. The Labute approximate surface area is 93.4 Å². The summed E-state index contributed by atoms with van der Waals surface area (Å²) < 4.78 is 0. The van der Waals surface area contributed by atoms with Crippen molar-refractivity contribution in [2.24, 2.45) is 0 Å². The maximum Gasteiger partial charge on any atom is 0.0373 e. The average Bonchev–Trinajstić information content (AvgIpc) is 2.34. The number of piperazine rings is 1. The largest absolute Gasteiger partial charge is 0.377 e. The number of rotatable bonds is 1. The molecule has 3 heteroatoms. The summed E-state index contributed by atoms with van der Waals surface area (Å²) in [6, 6.07) is 0. The van der Waals surface area contributed by atoms with Crippen LogP contribution in [0.15, 0.2) is 24.0 Å². The Hall–Kier alpha value is -0.960. The van der Waals surface area contributed by atoms with Crippen LogP contribution in [0, 0.1) is 0 Å². The highest BCUT2D eigenvalue weighted by molar-refractivity contribution is 5.21. The minimum Gasteiger partial charge on any atom is -0.377 e. The molecule has 2 rings (SSSR count). The molecular formula is C12H23N3. The van der Waals surface area contributed by atoms with Crippen molar-refractivity contribution >= 4 is 0 Å². The fourth-order valence-electron chi connectivity index (χ4n) is 1.73. The lowest BCUT2D eigenvalue weighted by atomic mass is 10.2. The molecule has 2 aliphatic rings. The van der Waals surface area contributed by atoms with Gasteiger partial charge >= 0.3 is 0 Å². The van der Waals surface area contributed by atoms with E-state index in [2.05, 4.69) is 40.5 Å². The topological polar surface area (TPSA) is 18.5 Å². The molecule has 0 radical (unpaired) electrons. The van der Waals surface area contributed by atoms with Gasteiger partial charge in [0.2, 0.25) is 0 Å². The van der Waals surface area contributed by atoms with Crippen LogP contribution >= 0.6 is 0 Å². The molecule has 86 valence electrons. The molecule has 0 aromatic rings. The second-order valence-corrected chi connectivity index (χ2v) is 3.62. The van der Waals surface area contributed by atoms with E-state index in [0.717, 1.165) is 32.7 Å². The van der Waals surface area contributed by atoms with Crippen LogP contribution in [-0.4, -0.2) is 49.6 Å². The van der Waals surface area contributed by atoms with E-state index >= 15 is 0 Å². The molecule has 0 saturated carbocycles. The normalized spacial score (nSPS) is 20.6. The Kier molecular flexibility index (Phi) is 5.26. The van der Waals surface area contributed by atoms with Gasteiger partial charge in [-0.3, -0.25) is 0 Å². The van der Waals surface area contributed by atoms with Crippen LogP contribution in [-0.2, 0) is 0 Å². The van der Waals surface area contributed by atoms with E-state index < -0.39 is 0 Å². The Morgan fingerprint density at radius 2 is 1.87 bits per heavy atom. The molecule has 0 spiro atoms. The predicted molar refractivity (Wildman–Crippen MR) is 65.6 cm³/mol. The zero-order chi connectivity index (χ0) is 11.1. The lowest BCUT2D eigenvalue weighted by Crippen LogP contribution is -2.43. The van der Waals surface area contributed by atoms with Gasteiger partial charge in [-0.2, -0.15) is 0 Å². The molecule has 2 aliphatic heterocycles. The van der Waals surface area contributed by atoms with E-state index in [9.17, 15) is 0 Å². The van der Waals surface area contributed by atoms with Gasteiger partial charge < -0.3 is 15.1 Å². The Morgan fingerprint density at radius 1 is 1.20 bits per heavy atom. The molecule has 1 N–H and O–H groups in total. The molecule has 0 aromatic heterocycles. The van der Waals surface area contributed by atoms with Crippen LogP contribution in [0.2, 0.25) is 0 Å². The van der Waals surface area contributed by atoms with Gasteiger partial charge in [0.05, 0.1) is 0 Å². The molecule has 15 heavy (non-hydrogen) atoms. The fraction of sp³-hybridized carbons (Fsp3) is 0.667. The summed E-state index contributed by atoms with van der Waals surface area (Å²) in [7, 11) is 2.10. The first kappa shape index (κ1) is 12.1. The van der Waals surface area contributed by atoms with E-state index in [-0.39, 0.29) is 0 Å². The molecule has 2 heterocycles. The van der Waals surface area contributed by atoms with Crippen molar-refractivity contribution in [3.63, 3.8) is 0 Å². The molecule has 0 unspecified atom stereocenters. The SMILES string of the molecule is CC.CN1C=CC(N2CCNCC2)=CC1. The van der Waals surface area contributed by atoms with Crippen LogP contribution in [0.5, 0.6) is 0 Å². The molecule has 3 nitrogen and oxygen atoms in total. The summed E-state index contributed by atoms with van der Waals surface area (Å²) in [6.45, 7) is 9.54. The minimum absolute atomic E-state index is 1.04. The Balaban J connectivity index is 0.000000531. The Morgan fingerprint density at radius 3 is 2.40 bits per heavy atom. The summed E-state index contributed by atoms with van der Waals surface area (Å²) in [5, 5.41) is 3.36. The van der Waals surface area contributed by atoms with Crippen LogP contribution in [0.4, 0.5) is 0 Å². The smallest absolute Gasteiger partial charge is 0.0373 e. The quantitative estimate of drug-likeness (QED) is 0.701. The standard InChI is InChI=1S/C10H17N3.C2H6/c1-12-6-2-10(3-7-12)13-8-4-11-5-9-13;1-2/h2-3,6,11H,4-5,7-9H2,1H3;1-2H3. The number of nitrogens with one attached hydrogen (secondary N) is 1. The molecule has 0 amide bonds. The van der Waals surface area contributed by atoms with Crippen LogP contribution in [0.25, 0.3) is 0 Å². The average molecular weight is 209 g/mol. The third kappa shape index (κ3) is 3.59. The highest BCUT2D eigenvalue weighted by Gasteiger charge is 2.12. The first-order valence-electron chi connectivity index (χ1n) is 5.90. The molecule has 0 aromatic carbocycles. The highest BCUT2D eigenvalue weighted by atomic mass is 15.2. The van der Waals surface area contributed by atoms with Crippen molar-refractivity contribution < 1.29 is 0 Å². The van der Waals surface area contributed by atoms with Crippen molar-refractivity contribution in [3.8, 4) is 0 Å². The van der Waals surface area contributed by atoms with Gasteiger partial charge in [0.25, 0.3) is 0 Å². The third-order valence-electron chi connectivity index (χ3n) is 2.57. The maximum atomic E-state index is 3.36. The van der Waals surface area contributed by atoms with Gasteiger partial charge in [0.1, 0.15) is 0 Å². The van der Waals surface area contributed by atoms with Crippen molar-refractivity contribution in [1.29, 1.82) is 0 Å². The van der Waals surface area contributed by atoms with Gasteiger partial charge in [-0.15, -0.1) is 0 Å². The lowest BCUT2D eigenvalue weighted by Gasteiger charge is -2.32. The Bertz CT molecular complexity index is 227. The van der Waals surface area contributed by atoms with E-state index in [1.54, 1.807) is 0 Å². The summed E-state index contributed by atoms with van der Waals surface area (Å²) in [5.41, 5.74) is 1.39. The highest BCUT2D eigenvalue weighted by Crippen LogP contribution is 2.11. The number of likely N-dealkylation sites (N-methyl/N-ethyl adjacent to an activating group) is 1. The van der Waals surface area contributed by atoms with Crippen LogP contribution in [0.3, 0.4) is 0 Å².